The van der Waals surface area contributed by atoms with Gasteiger partial charge in [-0.25, -0.2) is 0 Å². The molecule has 102 valence electrons. The molecule has 0 saturated heterocycles. The van der Waals surface area contributed by atoms with Crippen LogP contribution in [0.2, 0.25) is 0 Å². The van der Waals surface area contributed by atoms with Crippen LogP contribution in [0, 0.1) is 5.92 Å². The topological polar surface area (TPSA) is 24.9 Å². The molecule has 1 atom stereocenters. The van der Waals surface area contributed by atoms with Crippen molar-refractivity contribution in [1.82, 2.24) is 10.3 Å². The van der Waals surface area contributed by atoms with Crippen molar-refractivity contribution in [2.24, 2.45) is 5.92 Å². The van der Waals surface area contributed by atoms with Gasteiger partial charge in [-0.3, -0.25) is 4.98 Å². The van der Waals surface area contributed by atoms with Gasteiger partial charge in [0.25, 0.3) is 0 Å². The normalized spacial score (nSPS) is 13.6. The van der Waals surface area contributed by atoms with E-state index in [0.717, 1.165) is 25.6 Å². The number of nitrogens with one attached hydrogen (secondary N) is 1. The third-order valence-electron chi connectivity index (χ3n) is 2.70. The summed E-state index contributed by atoms with van der Waals surface area (Å²) in [4.78, 5) is 3.79. The summed E-state index contributed by atoms with van der Waals surface area (Å²) in [6.07, 6.45) is -0.382. The Morgan fingerprint density at radius 3 is 2.72 bits per heavy atom. The van der Waals surface area contributed by atoms with Gasteiger partial charge >= 0.3 is 6.18 Å². The third kappa shape index (κ3) is 4.64. The van der Waals surface area contributed by atoms with E-state index in [9.17, 15) is 13.2 Å². The Morgan fingerprint density at radius 2 is 2.11 bits per heavy atom. The average Bonchev–Trinajstić information content (AvgIpc) is 2.28. The van der Waals surface area contributed by atoms with Crippen molar-refractivity contribution in [2.75, 3.05) is 13.1 Å². The Bertz CT molecular complexity index is 363. The van der Waals surface area contributed by atoms with Crippen LogP contribution in [0.25, 0.3) is 0 Å². The van der Waals surface area contributed by atoms with Gasteiger partial charge in [0.05, 0.1) is 5.56 Å². The molecule has 1 N–H and O–H groups in total. The molecule has 0 radical (unpaired) electrons. The largest absolute Gasteiger partial charge is 0.416 e. The predicted octanol–water partition coefficient (Wildman–Crippen LogP) is 3.28. The summed E-state index contributed by atoms with van der Waals surface area (Å²) in [6, 6.07) is 1.04. The molecule has 0 spiro atoms. The minimum atomic E-state index is -4.30. The highest BCUT2D eigenvalue weighted by atomic mass is 19.4. The Hall–Kier alpha value is -1.10. The standard InChI is InChI=1S/C13H19F3N2/c1-3-5-17-8-10(2)7-11-9-18-6-4-12(11)13(14,15)16/h4,6,9-10,17H,3,5,7-8H2,1-2H3. The molecule has 0 aliphatic heterocycles. The van der Waals surface area contributed by atoms with Gasteiger partial charge in [-0.15, -0.1) is 0 Å². The lowest BCUT2D eigenvalue weighted by Crippen LogP contribution is -2.24. The Morgan fingerprint density at radius 1 is 1.39 bits per heavy atom. The molecule has 1 aromatic heterocycles. The summed E-state index contributed by atoms with van der Waals surface area (Å²) in [5.74, 6) is 0.154. The first kappa shape index (κ1) is 15.0. The zero-order valence-electron chi connectivity index (χ0n) is 10.7. The number of rotatable bonds is 6. The van der Waals surface area contributed by atoms with Gasteiger partial charge in [0.1, 0.15) is 0 Å². The summed E-state index contributed by atoms with van der Waals surface area (Å²) >= 11 is 0. The molecular formula is C13H19F3N2. The molecule has 1 unspecified atom stereocenters. The van der Waals surface area contributed by atoms with Crippen LogP contribution < -0.4 is 5.32 Å². The van der Waals surface area contributed by atoms with E-state index in [4.69, 9.17) is 0 Å². The summed E-state index contributed by atoms with van der Waals surface area (Å²) in [5.41, 5.74) is -0.296. The van der Waals surface area contributed by atoms with E-state index in [2.05, 4.69) is 17.2 Å². The second-order valence-electron chi connectivity index (χ2n) is 4.54. The highest BCUT2D eigenvalue weighted by Crippen LogP contribution is 2.32. The minimum absolute atomic E-state index is 0.154. The van der Waals surface area contributed by atoms with Crippen molar-refractivity contribution >= 4 is 0 Å². The third-order valence-corrected chi connectivity index (χ3v) is 2.70. The highest BCUT2D eigenvalue weighted by molar-refractivity contribution is 5.26. The van der Waals surface area contributed by atoms with Gasteiger partial charge in [-0.05, 0) is 43.5 Å². The lowest BCUT2D eigenvalue weighted by molar-refractivity contribution is -0.138. The zero-order valence-corrected chi connectivity index (χ0v) is 10.7. The van der Waals surface area contributed by atoms with Crippen LogP contribution >= 0.6 is 0 Å². The monoisotopic (exact) mass is 260 g/mol. The predicted molar refractivity (Wildman–Crippen MR) is 65.3 cm³/mol. The van der Waals surface area contributed by atoms with E-state index in [0.29, 0.717) is 6.42 Å². The molecule has 0 aliphatic rings. The quantitative estimate of drug-likeness (QED) is 0.794. The van der Waals surface area contributed by atoms with E-state index >= 15 is 0 Å². The van der Waals surface area contributed by atoms with Crippen LogP contribution in [0.5, 0.6) is 0 Å². The van der Waals surface area contributed by atoms with E-state index < -0.39 is 11.7 Å². The SMILES string of the molecule is CCCNCC(C)Cc1cnccc1C(F)(F)F. The molecule has 0 aromatic carbocycles. The minimum Gasteiger partial charge on any atom is -0.316 e. The van der Waals surface area contributed by atoms with E-state index in [1.165, 1.54) is 12.4 Å². The summed E-state index contributed by atoms with van der Waals surface area (Å²) in [5, 5.41) is 3.21. The first-order chi connectivity index (χ1) is 8.45. The van der Waals surface area contributed by atoms with Crippen LogP contribution in [0.3, 0.4) is 0 Å². The summed E-state index contributed by atoms with van der Waals surface area (Å²) < 4.78 is 38.3. The number of hydrogen-bond donors (Lipinski definition) is 1. The molecule has 18 heavy (non-hydrogen) atoms. The second kappa shape index (κ2) is 6.73. The molecule has 1 aromatic rings. The second-order valence-corrected chi connectivity index (χ2v) is 4.54. The fraction of sp³-hybridized carbons (Fsp3) is 0.615. The van der Waals surface area contributed by atoms with Gasteiger partial charge < -0.3 is 5.32 Å². The number of halogens is 3. The smallest absolute Gasteiger partial charge is 0.316 e. The molecule has 1 rings (SSSR count). The molecule has 0 fully saturated rings. The van der Waals surface area contributed by atoms with Crippen molar-refractivity contribution in [2.45, 2.75) is 32.9 Å². The molecule has 2 nitrogen and oxygen atoms in total. The summed E-state index contributed by atoms with van der Waals surface area (Å²) in [7, 11) is 0. The first-order valence-corrected chi connectivity index (χ1v) is 6.16. The van der Waals surface area contributed by atoms with Crippen molar-refractivity contribution in [3.05, 3.63) is 29.6 Å². The molecule has 0 bridgehead atoms. The molecule has 0 amide bonds. The number of alkyl halides is 3. The van der Waals surface area contributed by atoms with Crippen molar-refractivity contribution < 1.29 is 13.2 Å². The lowest BCUT2D eigenvalue weighted by Gasteiger charge is -2.16. The molecular weight excluding hydrogens is 241 g/mol. The van der Waals surface area contributed by atoms with Crippen LogP contribution in [-0.2, 0) is 12.6 Å². The molecule has 1 heterocycles. The van der Waals surface area contributed by atoms with Crippen molar-refractivity contribution in [1.29, 1.82) is 0 Å². The molecule has 0 aliphatic carbocycles. The Labute approximate surface area is 106 Å². The van der Waals surface area contributed by atoms with Crippen LogP contribution in [0.1, 0.15) is 31.4 Å². The molecule has 5 heteroatoms. The van der Waals surface area contributed by atoms with E-state index in [-0.39, 0.29) is 11.5 Å². The number of nitrogens with zero attached hydrogens (tertiary/aromatic N) is 1. The van der Waals surface area contributed by atoms with Gasteiger partial charge in [0.2, 0.25) is 0 Å². The van der Waals surface area contributed by atoms with E-state index in [1.54, 1.807) is 0 Å². The van der Waals surface area contributed by atoms with Gasteiger partial charge in [0, 0.05) is 12.4 Å². The number of aromatic nitrogens is 1. The maximum absolute atomic E-state index is 12.8. The first-order valence-electron chi connectivity index (χ1n) is 6.16. The van der Waals surface area contributed by atoms with Crippen molar-refractivity contribution in [3.8, 4) is 0 Å². The highest BCUT2D eigenvalue weighted by Gasteiger charge is 2.33. The van der Waals surface area contributed by atoms with Gasteiger partial charge in [0.15, 0.2) is 0 Å². The van der Waals surface area contributed by atoms with Crippen LogP contribution in [-0.4, -0.2) is 18.1 Å². The van der Waals surface area contributed by atoms with Crippen molar-refractivity contribution in [3.63, 3.8) is 0 Å². The van der Waals surface area contributed by atoms with Gasteiger partial charge in [-0.1, -0.05) is 13.8 Å². The number of hydrogen-bond acceptors (Lipinski definition) is 2. The maximum Gasteiger partial charge on any atom is 0.416 e. The van der Waals surface area contributed by atoms with Gasteiger partial charge in [-0.2, -0.15) is 13.2 Å². The Balaban J connectivity index is 2.66. The Kier molecular flexibility index (Phi) is 5.59. The fourth-order valence-electron chi connectivity index (χ4n) is 1.84. The van der Waals surface area contributed by atoms with Crippen LogP contribution in [0.15, 0.2) is 18.5 Å². The number of pyridine rings is 1. The summed E-state index contributed by atoms with van der Waals surface area (Å²) in [6.45, 7) is 5.61. The lowest BCUT2D eigenvalue weighted by atomic mass is 9.98. The maximum atomic E-state index is 12.8. The zero-order chi connectivity index (χ0) is 13.6. The average molecular weight is 260 g/mol. The van der Waals surface area contributed by atoms with E-state index in [1.807, 2.05) is 6.92 Å². The fourth-order valence-corrected chi connectivity index (χ4v) is 1.84. The van der Waals surface area contributed by atoms with Crippen LogP contribution in [0.4, 0.5) is 13.2 Å². The molecule has 0 saturated carbocycles.